The number of aryl methyl sites for hydroxylation is 1. The molecule has 67 heavy (non-hydrogen) atoms. The zero-order valence-electron chi connectivity index (χ0n) is 39.3. The molecule has 2 fully saturated rings. The van der Waals surface area contributed by atoms with E-state index in [-0.39, 0.29) is 34.6 Å². The average Bonchev–Trinajstić information content (AvgIpc) is 3.82. The van der Waals surface area contributed by atoms with Crippen LogP contribution < -0.4 is 30.9 Å². The number of nitrogens with zero attached hydrogens (tertiary/aromatic N) is 8. The Kier molecular flexibility index (Phi) is 11.8. The van der Waals surface area contributed by atoms with Crippen LogP contribution in [0.15, 0.2) is 78.4 Å². The van der Waals surface area contributed by atoms with Gasteiger partial charge in [0.2, 0.25) is 5.91 Å². The number of amides is 2. The van der Waals surface area contributed by atoms with Gasteiger partial charge in [0.15, 0.2) is 5.82 Å². The molecular weight excluding hydrogens is 845 g/mol. The van der Waals surface area contributed by atoms with Gasteiger partial charge in [-0.1, -0.05) is 26.5 Å². The Morgan fingerprint density at radius 2 is 1.82 bits per heavy atom. The SMILES string of the molecule is C=CC(=O)Nc1cc(Nc2nc(-c3ccnc(N4CCn5c(cc6c5CC(C)(C)C6)C4=O)c3CO)cn(C)c2=O)ccc1N1CCN(C2CCN(c3ccc4c(c3)CCOC4)[C@@H](C)C2)C[C@@H]1C. The molecule has 0 bridgehead atoms. The van der Waals surface area contributed by atoms with E-state index in [4.69, 9.17) is 9.72 Å². The molecule has 3 aromatic heterocycles. The quantitative estimate of drug-likeness (QED) is 0.133. The van der Waals surface area contributed by atoms with Gasteiger partial charge in [-0.05, 0) is 117 Å². The zero-order valence-corrected chi connectivity index (χ0v) is 39.3. The van der Waals surface area contributed by atoms with E-state index in [0.29, 0.717) is 71.5 Å². The fraction of sp³-hybridized carbons (Fsp3) is 0.442. The number of anilines is 6. The van der Waals surface area contributed by atoms with Crippen molar-refractivity contribution < 1.29 is 19.4 Å². The summed E-state index contributed by atoms with van der Waals surface area (Å²) in [5, 5.41) is 17.1. The Labute approximate surface area is 392 Å². The van der Waals surface area contributed by atoms with E-state index in [1.807, 2.05) is 24.3 Å². The number of carbonyl (C=O) groups excluding carboxylic acids is 2. The molecule has 5 aliphatic rings. The maximum atomic E-state index is 14.1. The first-order valence-electron chi connectivity index (χ1n) is 23.8. The van der Waals surface area contributed by atoms with Crippen molar-refractivity contribution in [2.75, 3.05) is 64.7 Å². The van der Waals surface area contributed by atoms with Crippen LogP contribution in [0.2, 0.25) is 0 Å². The second-order valence-corrected chi connectivity index (χ2v) is 19.9. The van der Waals surface area contributed by atoms with Crippen molar-refractivity contribution in [3.63, 3.8) is 0 Å². The standard InChI is InChI=1S/C52H62N10O5/c1-7-47(64)55-42-25-37(9-11-44(42)60-18-17-58(28-33(60)3)38-13-16-59(32(2)22-38)39-10-8-35-31-67-21-14-34(35)23-39)54-48-51(66)57(6)29-43(56-48)40-12-15-53-49(41(40)30-63)62-20-19-61-45(50(62)65)24-36-26-52(4,5)27-46(36)61/h7-12,15,23-25,29,32-33,38,63H,1,13-14,16-22,26-28,30-31H2,2-6H3,(H,54,56)(H,55,64)/t32-,33-,38?/m0/s1. The third-order valence-corrected chi connectivity index (χ3v) is 14.7. The number of carbonyl (C=O) groups is 2. The van der Waals surface area contributed by atoms with E-state index in [9.17, 15) is 19.5 Å². The van der Waals surface area contributed by atoms with Crippen LogP contribution in [0.4, 0.5) is 34.4 Å². The molecule has 2 amide bonds. The highest BCUT2D eigenvalue weighted by molar-refractivity contribution is 6.06. The third-order valence-electron chi connectivity index (χ3n) is 14.7. The topological polar surface area (TPSA) is 153 Å². The summed E-state index contributed by atoms with van der Waals surface area (Å²) in [6.45, 7) is 18.5. The number of ether oxygens (including phenoxy) is 1. The van der Waals surface area contributed by atoms with Gasteiger partial charge in [-0.15, -0.1) is 0 Å². The number of benzene rings is 2. The second kappa shape index (κ2) is 17.7. The summed E-state index contributed by atoms with van der Waals surface area (Å²) in [6.07, 6.45) is 9.51. The van der Waals surface area contributed by atoms with Gasteiger partial charge >= 0.3 is 0 Å². The van der Waals surface area contributed by atoms with Crippen LogP contribution >= 0.6 is 0 Å². The minimum Gasteiger partial charge on any atom is -0.392 e. The van der Waals surface area contributed by atoms with Gasteiger partial charge < -0.3 is 39.4 Å². The zero-order chi connectivity index (χ0) is 46.7. The summed E-state index contributed by atoms with van der Waals surface area (Å²) in [6, 6.07) is 17.4. The second-order valence-electron chi connectivity index (χ2n) is 19.9. The lowest BCUT2D eigenvalue weighted by Crippen LogP contribution is -2.58. The number of hydrogen-bond donors (Lipinski definition) is 3. The summed E-state index contributed by atoms with van der Waals surface area (Å²) in [5.41, 5.74) is 10.4. The van der Waals surface area contributed by atoms with Crippen molar-refractivity contribution in [1.29, 1.82) is 0 Å². The van der Waals surface area contributed by atoms with Crippen LogP contribution in [-0.2, 0) is 55.6 Å². The average molecular weight is 907 g/mol. The molecule has 7 heterocycles. The Morgan fingerprint density at radius 1 is 0.970 bits per heavy atom. The van der Waals surface area contributed by atoms with Gasteiger partial charge in [0.05, 0.1) is 36.9 Å². The maximum Gasteiger partial charge on any atom is 0.293 e. The fourth-order valence-electron chi connectivity index (χ4n) is 11.4. The van der Waals surface area contributed by atoms with Crippen molar-refractivity contribution in [3.05, 3.63) is 118 Å². The molecule has 0 saturated carbocycles. The van der Waals surface area contributed by atoms with Crippen molar-refractivity contribution >= 4 is 46.2 Å². The lowest BCUT2D eigenvalue weighted by atomic mass is 9.90. The molecule has 3 atom stereocenters. The van der Waals surface area contributed by atoms with Gasteiger partial charge in [0.1, 0.15) is 11.5 Å². The number of aliphatic hydroxyl groups is 1. The first kappa shape index (κ1) is 44.5. The molecule has 1 aliphatic carbocycles. The molecule has 4 aliphatic heterocycles. The van der Waals surface area contributed by atoms with Crippen molar-refractivity contribution in [1.82, 2.24) is 24.0 Å². The molecular formula is C52H62N10O5. The molecule has 2 aromatic carbocycles. The Morgan fingerprint density at radius 3 is 2.61 bits per heavy atom. The Balaban J connectivity index is 0.858. The minimum absolute atomic E-state index is 0.0591. The van der Waals surface area contributed by atoms with Gasteiger partial charge in [-0.2, -0.15) is 0 Å². The van der Waals surface area contributed by atoms with Crippen molar-refractivity contribution in [2.45, 2.75) is 97.7 Å². The van der Waals surface area contributed by atoms with Crippen LogP contribution in [0.1, 0.15) is 79.0 Å². The highest BCUT2D eigenvalue weighted by atomic mass is 16.5. The monoisotopic (exact) mass is 906 g/mol. The lowest BCUT2D eigenvalue weighted by Gasteiger charge is -2.48. The van der Waals surface area contributed by atoms with E-state index in [2.05, 4.69) is 87.4 Å². The molecule has 2 saturated heterocycles. The number of pyridine rings is 1. The summed E-state index contributed by atoms with van der Waals surface area (Å²) in [7, 11) is 1.65. The maximum absolute atomic E-state index is 14.1. The van der Waals surface area contributed by atoms with E-state index < -0.39 is 6.61 Å². The molecule has 10 rings (SSSR count). The predicted molar refractivity (Wildman–Crippen MR) is 262 cm³/mol. The van der Waals surface area contributed by atoms with E-state index in [1.54, 1.807) is 30.4 Å². The normalized spacial score (nSPS) is 21.4. The van der Waals surface area contributed by atoms with Gasteiger partial charge in [-0.25, -0.2) is 9.97 Å². The number of rotatable bonds is 10. The highest BCUT2D eigenvalue weighted by Crippen LogP contribution is 2.41. The summed E-state index contributed by atoms with van der Waals surface area (Å²) >= 11 is 0. The number of piperazine rings is 1. The fourth-order valence-corrected chi connectivity index (χ4v) is 11.4. The molecule has 0 spiro atoms. The first-order chi connectivity index (χ1) is 32.3. The number of fused-ring (bicyclic) bond motifs is 4. The Hall–Kier alpha value is -6.29. The highest BCUT2D eigenvalue weighted by Gasteiger charge is 2.38. The molecule has 1 unspecified atom stereocenters. The van der Waals surface area contributed by atoms with Gasteiger partial charge in [0, 0.05) is 105 Å². The number of aliphatic hydroxyl groups excluding tert-OH is 1. The van der Waals surface area contributed by atoms with Gasteiger partial charge in [-0.3, -0.25) is 24.2 Å². The molecule has 0 radical (unpaired) electrons. The van der Waals surface area contributed by atoms with Crippen LogP contribution in [0.25, 0.3) is 11.3 Å². The number of nitrogens with one attached hydrogen (secondary N) is 2. The third kappa shape index (κ3) is 8.42. The van der Waals surface area contributed by atoms with E-state index >= 15 is 0 Å². The first-order valence-corrected chi connectivity index (χ1v) is 23.8. The molecule has 15 heteroatoms. The Bertz CT molecular complexity index is 2830. The number of hydrogen-bond acceptors (Lipinski definition) is 11. The van der Waals surface area contributed by atoms with Crippen LogP contribution in [0, 0.1) is 5.41 Å². The van der Waals surface area contributed by atoms with Crippen molar-refractivity contribution in [2.24, 2.45) is 12.5 Å². The number of piperidine rings is 1. The molecule has 350 valence electrons. The number of aromatic nitrogens is 4. The van der Waals surface area contributed by atoms with Crippen LogP contribution in [0.3, 0.4) is 0 Å². The van der Waals surface area contributed by atoms with E-state index in [1.165, 1.54) is 38.7 Å². The summed E-state index contributed by atoms with van der Waals surface area (Å²) in [5.74, 6) is -0.0686. The largest absolute Gasteiger partial charge is 0.392 e. The van der Waals surface area contributed by atoms with Crippen molar-refractivity contribution in [3.8, 4) is 11.3 Å². The lowest BCUT2D eigenvalue weighted by molar-refractivity contribution is -0.111. The minimum atomic E-state index is -0.396. The molecule has 3 N–H and O–H groups in total. The van der Waals surface area contributed by atoms with Gasteiger partial charge in [0.25, 0.3) is 11.5 Å². The molecule has 15 nitrogen and oxygen atoms in total. The summed E-state index contributed by atoms with van der Waals surface area (Å²) < 4.78 is 9.26. The smallest absolute Gasteiger partial charge is 0.293 e. The predicted octanol–water partition coefficient (Wildman–Crippen LogP) is 6.43. The summed E-state index contributed by atoms with van der Waals surface area (Å²) in [4.78, 5) is 59.3. The molecule has 5 aromatic rings. The van der Waals surface area contributed by atoms with E-state index in [0.717, 1.165) is 70.6 Å². The van der Waals surface area contributed by atoms with Crippen LogP contribution in [-0.4, -0.2) is 98.4 Å². The van der Waals surface area contributed by atoms with Crippen LogP contribution in [0.5, 0.6) is 0 Å².